The number of nitrogens with zero attached hydrogens (tertiary/aromatic N) is 5. The van der Waals surface area contributed by atoms with E-state index >= 15 is 0 Å². The minimum absolute atomic E-state index is 0.00963. The van der Waals surface area contributed by atoms with E-state index in [1.54, 1.807) is 30.7 Å². The Morgan fingerprint density at radius 3 is 1.94 bits per heavy atom. The van der Waals surface area contributed by atoms with Gasteiger partial charge in [0.2, 0.25) is 0 Å². The maximum atomic E-state index is 13.1. The number of carbonyl (C=O) groups excluding carboxylic acids is 1. The molecule has 0 unspecified atom stereocenters. The first-order valence-electron chi connectivity index (χ1n) is 10.3. The number of hydrogen-bond donors (Lipinski definition) is 1. The molecule has 1 aliphatic rings. The van der Waals surface area contributed by atoms with Crippen molar-refractivity contribution in [2.45, 2.75) is 12.4 Å². The third kappa shape index (κ3) is 5.61. The van der Waals surface area contributed by atoms with Crippen LogP contribution in [0.2, 0.25) is 0 Å². The molecule has 184 valence electrons. The maximum Gasteiger partial charge on any atom is 0.416 e. The fourth-order valence-corrected chi connectivity index (χ4v) is 3.63. The number of hydrogen-bond acceptors (Lipinski definition) is 5. The summed E-state index contributed by atoms with van der Waals surface area (Å²) < 4.78 is 78.5. The van der Waals surface area contributed by atoms with Crippen LogP contribution in [0.3, 0.4) is 0 Å². The molecule has 0 saturated carbocycles. The number of pyridine rings is 1. The fourth-order valence-electron chi connectivity index (χ4n) is 3.63. The molecule has 2 amide bonds. The van der Waals surface area contributed by atoms with Crippen molar-refractivity contribution in [2.24, 2.45) is 0 Å². The van der Waals surface area contributed by atoms with Crippen LogP contribution in [-0.4, -0.2) is 52.1 Å². The van der Waals surface area contributed by atoms with Crippen molar-refractivity contribution in [1.82, 2.24) is 19.9 Å². The van der Waals surface area contributed by atoms with Gasteiger partial charge in [0, 0.05) is 62.2 Å². The summed E-state index contributed by atoms with van der Waals surface area (Å²) in [6.45, 7) is 1.01. The molecule has 35 heavy (non-hydrogen) atoms. The van der Waals surface area contributed by atoms with Crippen molar-refractivity contribution >= 4 is 17.5 Å². The van der Waals surface area contributed by atoms with E-state index in [-0.39, 0.29) is 19.2 Å². The van der Waals surface area contributed by atoms with E-state index in [2.05, 4.69) is 20.3 Å². The lowest BCUT2D eigenvalue weighted by molar-refractivity contribution is -0.143. The van der Waals surface area contributed by atoms with Gasteiger partial charge in [0.05, 0.1) is 11.1 Å². The Labute approximate surface area is 195 Å². The highest BCUT2D eigenvalue weighted by atomic mass is 19.4. The number of urea groups is 1. The molecule has 7 nitrogen and oxygen atoms in total. The molecule has 0 aliphatic carbocycles. The molecule has 3 heterocycles. The van der Waals surface area contributed by atoms with Gasteiger partial charge in [-0.15, -0.1) is 0 Å². The van der Waals surface area contributed by atoms with E-state index in [1.165, 1.54) is 11.1 Å². The number of aromatic nitrogens is 3. The summed E-state index contributed by atoms with van der Waals surface area (Å²) in [4.78, 5) is 28.6. The quantitative estimate of drug-likeness (QED) is 0.521. The van der Waals surface area contributed by atoms with Gasteiger partial charge in [0.15, 0.2) is 5.82 Å². The average Bonchev–Trinajstić information content (AvgIpc) is 2.83. The van der Waals surface area contributed by atoms with Crippen molar-refractivity contribution in [3.63, 3.8) is 0 Å². The normalized spacial score (nSPS) is 14.7. The summed E-state index contributed by atoms with van der Waals surface area (Å²) in [6, 6.07) is 3.72. The lowest BCUT2D eigenvalue weighted by Crippen LogP contribution is -2.50. The van der Waals surface area contributed by atoms with Crippen molar-refractivity contribution < 1.29 is 31.1 Å². The molecule has 1 fully saturated rings. The monoisotopic (exact) mass is 496 g/mol. The maximum absolute atomic E-state index is 13.1. The summed E-state index contributed by atoms with van der Waals surface area (Å²) in [5.74, 6) is 0.589. The van der Waals surface area contributed by atoms with E-state index in [1.807, 2.05) is 4.90 Å². The smallest absolute Gasteiger partial charge is 0.351 e. The van der Waals surface area contributed by atoms with Gasteiger partial charge in [0.25, 0.3) is 0 Å². The molecule has 13 heteroatoms. The van der Waals surface area contributed by atoms with Gasteiger partial charge in [-0.05, 0) is 30.3 Å². The van der Waals surface area contributed by atoms with Gasteiger partial charge in [-0.25, -0.2) is 9.78 Å². The molecule has 3 aromatic rings. The van der Waals surface area contributed by atoms with Crippen LogP contribution in [-0.2, 0) is 12.4 Å². The van der Waals surface area contributed by atoms with Crippen LogP contribution in [0.4, 0.5) is 42.6 Å². The first-order valence-corrected chi connectivity index (χ1v) is 10.3. The van der Waals surface area contributed by atoms with Crippen LogP contribution < -0.4 is 10.2 Å². The van der Waals surface area contributed by atoms with Crippen LogP contribution in [0.25, 0.3) is 11.3 Å². The number of rotatable bonds is 3. The molecule has 4 rings (SSSR count). The van der Waals surface area contributed by atoms with Crippen LogP contribution in [0, 0.1) is 0 Å². The Morgan fingerprint density at radius 2 is 1.37 bits per heavy atom. The van der Waals surface area contributed by atoms with Crippen molar-refractivity contribution in [3.05, 3.63) is 66.2 Å². The average molecular weight is 496 g/mol. The zero-order chi connectivity index (χ0) is 25.2. The Hall–Kier alpha value is -3.90. The van der Waals surface area contributed by atoms with Crippen LogP contribution >= 0.6 is 0 Å². The van der Waals surface area contributed by atoms with Crippen LogP contribution in [0.5, 0.6) is 0 Å². The standard InChI is InChI=1S/C22H18F6N6O/c23-21(24,25)15-11-16(22(26,27)28)13-17(12-15)32-20(35)34-9-7-33(8-10-34)19-18(30-5-6-31-19)14-1-3-29-4-2-14/h1-6,11-13H,7-10H2,(H,32,35). The SMILES string of the molecule is O=C(Nc1cc(C(F)(F)F)cc(C(F)(F)F)c1)N1CCN(c2nccnc2-c2ccncc2)CC1. The number of benzene rings is 1. The van der Waals surface area contributed by atoms with Gasteiger partial charge in [-0.3, -0.25) is 9.97 Å². The van der Waals surface area contributed by atoms with E-state index in [4.69, 9.17) is 0 Å². The number of carbonyl (C=O) groups is 1. The number of anilines is 2. The summed E-state index contributed by atoms with van der Waals surface area (Å²) >= 11 is 0. The van der Waals surface area contributed by atoms with Crippen molar-refractivity contribution in [2.75, 3.05) is 36.4 Å². The van der Waals surface area contributed by atoms with Crippen molar-refractivity contribution in [3.8, 4) is 11.3 Å². The Kier molecular flexibility index (Phi) is 6.50. The lowest BCUT2D eigenvalue weighted by atomic mass is 10.1. The van der Waals surface area contributed by atoms with E-state index in [0.29, 0.717) is 36.7 Å². The first kappa shape index (κ1) is 24.2. The van der Waals surface area contributed by atoms with E-state index < -0.39 is 35.2 Å². The second-order valence-corrected chi connectivity index (χ2v) is 7.66. The largest absolute Gasteiger partial charge is 0.416 e. The Bertz CT molecular complexity index is 1160. The second-order valence-electron chi connectivity index (χ2n) is 7.66. The highest BCUT2D eigenvalue weighted by Gasteiger charge is 2.37. The molecule has 0 bridgehead atoms. The molecule has 1 N–H and O–H groups in total. The minimum atomic E-state index is -5.00. The molecule has 0 spiro atoms. The molecule has 1 aliphatic heterocycles. The van der Waals surface area contributed by atoms with E-state index in [9.17, 15) is 31.1 Å². The number of alkyl halides is 6. The van der Waals surface area contributed by atoms with Gasteiger partial charge in [0.1, 0.15) is 5.69 Å². The first-order chi connectivity index (χ1) is 16.5. The number of piperazine rings is 1. The molecule has 0 radical (unpaired) electrons. The fraction of sp³-hybridized carbons (Fsp3) is 0.273. The molecule has 2 aromatic heterocycles. The Balaban J connectivity index is 1.47. The zero-order valence-corrected chi connectivity index (χ0v) is 17.9. The van der Waals surface area contributed by atoms with Crippen LogP contribution in [0.15, 0.2) is 55.1 Å². The summed E-state index contributed by atoms with van der Waals surface area (Å²) in [7, 11) is 0. The number of nitrogens with one attached hydrogen (secondary N) is 1. The molecule has 1 aromatic carbocycles. The van der Waals surface area contributed by atoms with Crippen LogP contribution in [0.1, 0.15) is 11.1 Å². The zero-order valence-electron chi connectivity index (χ0n) is 17.9. The van der Waals surface area contributed by atoms with Gasteiger partial charge in [-0.1, -0.05) is 0 Å². The number of amides is 2. The Morgan fingerprint density at radius 1 is 0.800 bits per heavy atom. The topological polar surface area (TPSA) is 74.2 Å². The third-order valence-corrected chi connectivity index (χ3v) is 5.34. The highest BCUT2D eigenvalue weighted by molar-refractivity contribution is 5.90. The highest BCUT2D eigenvalue weighted by Crippen LogP contribution is 2.37. The summed E-state index contributed by atoms with van der Waals surface area (Å²) in [5, 5.41) is 2.16. The second kappa shape index (κ2) is 9.39. The number of halogens is 6. The van der Waals surface area contributed by atoms with Gasteiger partial charge in [-0.2, -0.15) is 26.3 Å². The lowest BCUT2D eigenvalue weighted by Gasteiger charge is -2.36. The van der Waals surface area contributed by atoms with Crippen molar-refractivity contribution in [1.29, 1.82) is 0 Å². The van der Waals surface area contributed by atoms with E-state index in [0.717, 1.165) is 5.56 Å². The molecule has 1 saturated heterocycles. The van der Waals surface area contributed by atoms with Gasteiger partial charge >= 0.3 is 18.4 Å². The third-order valence-electron chi connectivity index (χ3n) is 5.34. The minimum Gasteiger partial charge on any atom is -0.351 e. The molecular weight excluding hydrogens is 478 g/mol. The summed E-state index contributed by atoms with van der Waals surface area (Å²) in [6.07, 6.45) is -3.69. The molecular formula is C22H18F6N6O. The van der Waals surface area contributed by atoms with Gasteiger partial charge < -0.3 is 15.1 Å². The predicted molar refractivity (Wildman–Crippen MR) is 115 cm³/mol. The summed E-state index contributed by atoms with van der Waals surface area (Å²) in [5.41, 5.74) is -2.17. The molecule has 0 atom stereocenters. The predicted octanol–water partition coefficient (Wildman–Crippen LogP) is 4.93.